The van der Waals surface area contributed by atoms with Gasteiger partial charge in [0.1, 0.15) is 0 Å². The van der Waals surface area contributed by atoms with Gasteiger partial charge in [-0.3, -0.25) is 4.79 Å². The number of hydrogen-bond acceptors (Lipinski definition) is 2. The van der Waals surface area contributed by atoms with Gasteiger partial charge >= 0.3 is 0 Å². The standard InChI is InChI=1S/C14H11FO2/c15-11-7-3-6-10-8-12(17-14(10)11)13(16)9-4-1-2-5-9/h3-4,6-8H,1-2,5H2. The summed E-state index contributed by atoms with van der Waals surface area (Å²) in [6.07, 6.45) is 4.68. The molecular formula is C14H11FO2. The molecular weight excluding hydrogens is 219 g/mol. The van der Waals surface area contributed by atoms with Gasteiger partial charge in [0.05, 0.1) is 0 Å². The molecule has 0 atom stereocenters. The fourth-order valence-electron chi connectivity index (χ4n) is 2.17. The molecule has 0 aliphatic heterocycles. The summed E-state index contributed by atoms with van der Waals surface area (Å²) in [5, 5.41) is 0.631. The molecule has 0 spiro atoms. The van der Waals surface area contributed by atoms with Crippen molar-refractivity contribution in [2.45, 2.75) is 19.3 Å². The number of furan rings is 1. The van der Waals surface area contributed by atoms with Gasteiger partial charge in [-0.1, -0.05) is 18.2 Å². The van der Waals surface area contributed by atoms with Crippen LogP contribution in [0.5, 0.6) is 0 Å². The zero-order valence-corrected chi connectivity index (χ0v) is 9.20. The normalized spacial score (nSPS) is 15.2. The van der Waals surface area contributed by atoms with Crippen molar-refractivity contribution in [3.63, 3.8) is 0 Å². The summed E-state index contributed by atoms with van der Waals surface area (Å²) in [5.41, 5.74) is 0.943. The maximum Gasteiger partial charge on any atom is 0.223 e. The maximum absolute atomic E-state index is 13.4. The summed E-state index contributed by atoms with van der Waals surface area (Å²) >= 11 is 0. The first-order valence-corrected chi connectivity index (χ1v) is 5.67. The smallest absolute Gasteiger partial charge is 0.223 e. The Labute approximate surface area is 97.7 Å². The maximum atomic E-state index is 13.4. The molecule has 0 bridgehead atoms. The minimum Gasteiger partial charge on any atom is -0.449 e. The van der Waals surface area contributed by atoms with Crippen molar-refractivity contribution in [3.8, 4) is 0 Å². The topological polar surface area (TPSA) is 30.2 Å². The van der Waals surface area contributed by atoms with Crippen molar-refractivity contribution in [3.05, 3.63) is 47.5 Å². The summed E-state index contributed by atoms with van der Waals surface area (Å²) in [6, 6.07) is 6.28. The first kappa shape index (κ1) is 10.3. The number of para-hydroxylation sites is 1. The molecule has 3 rings (SSSR count). The van der Waals surface area contributed by atoms with E-state index in [2.05, 4.69) is 0 Å². The van der Waals surface area contributed by atoms with Gasteiger partial charge in [0, 0.05) is 5.39 Å². The molecule has 2 aromatic rings. The molecule has 1 aromatic carbocycles. The summed E-state index contributed by atoms with van der Waals surface area (Å²) in [7, 11) is 0. The van der Waals surface area contributed by atoms with Crippen molar-refractivity contribution in [1.82, 2.24) is 0 Å². The van der Waals surface area contributed by atoms with Gasteiger partial charge in [-0.2, -0.15) is 0 Å². The molecule has 17 heavy (non-hydrogen) atoms. The lowest BCUT2D eigenvalue weighted by atomic mass is 10.1. The second-order valence-corrected chi connectivity index (χ2v) is 4.22. The Morgan fingerprint density at radius 3 is 2.94 bits per heavy atom. The van der Waals surface area contributed by atoms with Gasteiger partial charge in [-0.15, -0.1) is 0 Å². The van der Waals surface area contributed by atoms with E-state index >= 15 is 0 Å². The number of benzene rings is 1. The van der Waals surface area contributed by atoms with Crippen molar-refractivity contribution in [2.24, 2.45) is 0 Å². The van der Waals surface area contributed by atoms with Crippen molar-refractivity contribution >= 4 is 16.8 Å². The molecule has 0 unspecified atom stereocenters. The SMILES string of the molecule is O=C(C1=CCCC1)c1cc2cccc(F)c2o1. The van der Waals surface area contributed by atoms with Crippen LogP contribution in [0.3, 0.4) is 0 Å². The number of ketones is 1. The third-order valence-corrected chi connectivity index (χ3v) is 3.05. The first-order valence-electron chi connectivity index (χ1n) is 5.67. The average Bonchev–Trinajstić information content (AvgIpc) is 2.98. The van der Waals surface area contributed by atoms with Crippen LogP contribution < -0.4 is 0 Å². The van der Waals surface area contributed by atoms with Gasteiger partial charge in [0.25, 0.3) is 0 Å². The van der Waals surface area contributed by atoms with E-state index < -0.39 is 5.82 Å². The summed E-state index contributed by atoms with van der Waals surface area (Å²) in [4.78, 5) is 12.0. The first-order chi connectivity index (χ1) is 8.25. The Morgan fingerprint density at radius 1 is 1.35 bits per heavy atom. The van der Waals surface area contributed by atoms with Crippen molar-refractivity contribution in [1.29, 1.82) is 0 Å². The van der Waals surface area contributed by atoms with Crippen LogP contribution in [-0.2, 0) is 0 Å². The Kier molecular flexibility index (Phi) is 2.32. The molecule has 1 aliphatic carbocycles. The van der Waals surface area contributed by atoms with Crippen LogP contribution in [0.15, 0.2) is 40.3 Å². The van der Waals surface area contributed by atoms with E-state index in [1.54, 1.807) is 18.2 Å². The van der Waals surface area contributed by atoms with Gasteiger partial charge in [0.2, 0.25) is 5.78 Å². The second-order valence-electron chi connectivity index (χ2n) is 4.22. The number of Topliss-reactive ketones (excluding diaryl/α,β-unsaturated/α-hetero) is 1. The fraction of sp³-hybridized carbons (Fsp3) is 0.214. The van der Waals surface area contributed by atoms with Gasteiger partial charge in [-0.05, 0) is 37.0 Å². The van der Waals surface area contributed by atoms with Crippen LogP contribution in [0, 0.1) is 5.82 Å². The van der Waals surface area contributed by atoms with Gasteiger partial charge < -0.3 is 4.42 Å². The van der Waals surface area contributed by atoms with Crippen LogP contribution >= 0.6 is 0 Å². The van der Waals surface area contributed by atoms with Crippen LogP contribution in [0.1, 0.15) is 29.8 Å². The average molecular weight is 230 g/mol. The quantitative estimate of drug-likeness (QED) is 0.733. The third kappa shape index (κ3) is 1.68. The summed E-state index contributed by atoms with van der Waals surface area (Å²) < 4.78 is 18.7. The largest absolute Gasteiger partial charge is 0.449 e. The van der Waals surface area contributed by atoms with Crippen molar-refractivity contribution in [2.75, 3.05) is 0 Å². The molecule has 1 heterocycles. The molecule has 86 valence electrons. The third-order valence-electron chi connectivity index (χ3n) is 3.05. The molecule has 0 N–H and O–H groups in total. The highest BCUT2D eigenvalue weighted by molar-refractivity contribution is 6.08. The lowest BCUT2D eigenvalue weighted by molar-refractivity contribution is 0.100. The van der Waals surface area contributed by atoms with E-state index in [0.29, 0.717) is 5.39 Å². The number of allylic oxidation sites excluding steroid dienone is 2. The van der Waals surface area contributed by atoms with Crippen LogP contribution in [-0.4, -0.2) is 5.78 Å². The van der Waals surface area contributed by atoms with Crippen LogP contribution in [0.25, 0.3) is 11.0 Å². The molecule has 0 amide bonds. The molecule has 1 aromatic heterocycles. The Bertz CT molecular complexity index is 622. The zero-order chi connectivity index (χ0) is 11.8. The van der Waals surface area contributed by atoms with E-state index in [9.17, 15) is 9.18 Å². The molecule has 0 saturated carbocycles. The lowest BCUT2D eigenvalue weighted by Crippen LogP contribution is -1.99. The molecule has 0 radical (unpaired) electrons. The van der Waals surface area contributed by atoms with Crippen LogP contribution in [0.4, 0.5) is 4.39 Å². The molecule has 1 aliphatic rings. The number of hydrogen-bond donors (Lipinski definition) is 0. The fourth-order valence-corrected chi connectivity index (χ4v) is 2.17. The van der Waals surface area contributed by atoms with E-state index in [0.717, 1.165) is 24.8 Å². The predicted octanol–water partition coefficient (Wildman–Crippen LogP) is 3.86. The van der Waals surface area contributed by atoms with Crippen molar-refractivity contribution < 1.29 is 13.6 Å². The second kappa shape index (κ2) is 3.84. The minimum absolute atomic E-state index is 0.113. The Hall–Kier alpha value is -1.90. The monoisotopic (exact) mass is 230 g/mol. The highest BCUT2D eigenvalue weighted by Gasteiger charge is 2.19. The number of fused-ring (bicyclic) bond motifs is 1. The highest BCUT2D eigenvalue weighted by atomic mass is 19.1. The molecule has 3 heteroatoms. The van der Waals surface area contributed by atoms with Crippen LogP contribution in [0.2, 0.25) is 0 Å². The zero-order valence-electron chi connectivity index (χ0n) is 9.20. The summed E-state index contributed by atoms with van der Waals surface area (Å²) in [5.74, 6) is -0.307. The molecule has 2 nitrogen and oxygen atoms in total. The Morgan fingerprint density at radius 2 is 2.24 bits per heavy atom. The number of halogens is 1. The molecule has 0 fully saturated rings. The number of carbonyl (C=O) groups is 1. The predicted molar refractivity (Wildman–Crippen MR) is 62.4 cm³/mol. The van der Waals surface area contributed by atoms with E-state index in [4.69, 9.17) is 4.42 Å². The summed E-state index contributed by atoms with van der Waals surface area (Å²) in [6.45, 7) is 0. The van der Waals surface area contributed by atoms with Gasteiger partial charge in [-0.25, -0.2) is 4.39 Å². The van der Waals surface area contributed by atoms with E-state index in [1.807, 2.05) is 6.08 Å². The minimum atomic E-state index is -0.429. The van der Waals surface area contributed by atoms with E-state index in [1.165, 1.54) is 6.07 Å². The van der Waals surface area contributed by atoms with Gasteiger partial charge in [0.15, 0.2) is 17.2 Å². The van der Waals surface area contributed by atoms with E-state index in [-0.39, 0.29) is 17.1 Å². The molecule has 0 saturated heterocycles. The Balaban J connectivity index is 2.06. The highest BCUT2D eigenvalue weighted by Crippen LogP contribution is 2.27. The number of carbonyl (C=O) groups excluding carboxylic acids is 1. The number of rotatable bonds is 2. The lowest BCUT2D eigenvalue weighted by Gasteiger charge is -1.95.